The third kappa shape index (κ3) is 7.30. The van der Waals surface area contributed by atoms with Crippen LogP contribution in [0.15, 0.2) is 48.8 Å². The molecule has 0 spiro atoms. The minimum Gasteiger partial charge on any atom is -0.453 e. The van der Waals surface area contributed by atoms with Gasteiger partial charge in [0.1, 0.15) is 28.4 Å². The Bertz CT molecular complexity index is 2050. The van der Waals surface area contributed by atoms with Crippen molar-refractivity contribution in [1.29, 1.82) is 0 Å². The molecule has 3 aliphatic carbocycles. The maximum Gasteiger partial charge on any atom is 0.407 e. The molecule has 2 bridgehead atoms. The van der Waals surface area contributed by atoms with Gasteiger partial charge in [-0.2, -0.15) is 0 Å². The van der Waals surface area contributed by atoms with Crippen LogP contribution in [0.5, 0.6) is 0 Å². The Balaban J connectivity index is 1.03. The van der Waals surface area contributed by atoms with Gasteiger partial charge in [0, 0.05) is 36.6 Å². The highest BCUT2D eigenvalue weighted by Crippen LogP contribution is 2.55. The molecule has 55 heavy (non-hydrogen) atoms. The lowest BCUT2D eigenvalue weighted by Gasteiger charge is -2.41. The molecule has 1 saturated carbocycles. The smallest absolute Gasteiger partial charge is 0.407 e. The highest BCUT2D eigenvalue weighted by molar-refractivity contribution is 8.00. The van der Waals surface area contributed by atoms with Gasteiger partial charge in [0.15, 0.2) is 0 Å². The average molecular weight is 782 g/mol. The highest BCUT2D eigenvalue weighted by atomic mass is 32.2. The number of hydrogen-bond donors (Lipinski definition) is 3. The predicted molar refractivity (Wildman–Crippen MR) is 218 cm³/mol. The van der Waals surface area contributed by atoms with Crippen molar-refractivity contribution in [3.63, 3.8) is 0 Å². The summed E-state index contributed by atoms with van der Waals surface area (Å²) in [5.74, 6) is 4.67. The van der Waals surface area contributed by atoms with E-state index in [0.29, 0.717) is 30.7 Å². The summed E-state index contributed by atoms with van der Waals surface area (Å²) >= 11 is 3.46. The van der Waals surface area contributed by atoms with Crippen molar-refractivity contribution < 1.29 is 19.1 Å². The van der Waals surface area contributed by atoms with Crippen LogP contribution in [0, 0.1) is 11.8 Å². The van der Waals surface area contributed by atoms with E-state index in [0.717, 1.165) is 46.7 Å². The lowest BCUT2D eigenvalue weighted by atomic mass is 9.64. The summed E-state index contributed by atoms with van der Waals surface area (Å²) in [6.07, 6.45) is 8.64. The summed E-state index contributed by atoms with van der Waals surface area (Å²) < 4.78 is 4.78. The molecule has 11 nitrogen and oxygen atoms in total. The van der Waals surface area contributed by atoms with Crippen molar-refractivity contribution in [3.8, 4) is 33.6 Å². The Morgan fingerprint density at radius 3 is 1.95 bits per heavy atom. The molecule has 2 saturated heterocycles. The van der Waals surface area contributed by atoms with Crippen LogP contribution < -0.4 is 5.32 Å². The zero-order valence-corrected chi connectivity index (χ0v) is 33.9. The van der Waals surface area contributed by atoms with Gasteiger partial charge in [-0.25, -0.2) is 14.8 Å². The van der Waals surface area contributed by atoms with Crippen molar-refractivity contribution in [1.82, 2.24) is 35.1 Å². The number of thioether (sulfide) groups is 2. The second-order valence-corrected chi connectivity index (χ2v) is 18.4. The number of rotatable bonds is 10. The van der Waals surface area contributed by atoms with Crippen LogP contribution in [0.4, 0.5) is 4.79 Å². The fraction of sp³-hybridized carbons (Fsp3) is 0.500. The third-order valence-electron chi connectivity index (χ3n) is 11.6. The van der Waals surface area contributed by atoms with Gasteiger partial charge >= 0.3 is 6.09 Å². The molecule has 3 fully saturated rings. The molecule has 290 valence electrons. The zero-order chi connectivity index (χ0) is 38.4. The van der Waals surface area contributed by atoms with E-state index in [2.05, 4.69) is 65.5 Å². The van der Waals surface area contributed by atoms with Crippen LogP contribution in [0.25, 0.3) is 33.6 Å². The number of nitrogens with one attached hydrogen (secondary N) is 3. The lowest BCUT2D eigenvalue weighted by molar-refractivity contribution is -0.134. The first-order valence-corrected chi connectivity index (χ1v) is 21.8. The maximum absolute atomic E-state index is 13.6. The molecule has 3 amide bonds. The molecule has 4 heterocycles. The third-order valence-corrected chi connectivity index (χ3v) is 14.1. The number of aromatic amines is 2. The molecule has 2 aliphatic heterocycles. The zero-order valence-electron chi connectivity index (χ0n) is 32.3. The number of carbonyl (C=O) groups excluding carboxylic acids is 3. The van der Waals surface area contributed by atoms with Crippen LogP contribution in [0.1, 0.15) is 105 Å². The van der Waals surface area contributed by atoms with Crippen molar-refractivity contribution in [3.05, 3.63) is 71.6 Å². The molecule has 3 N–H and O–H groups in total. The van der Waals surface area contributed by atoms with Crippen molar-refractivity contribution >= 4 is 41.4 Å². The molecule has 2 aromatic carbocycles. The summed E-state index contributed by atoms with van der Waals surface area (Å²) in [4.78, 5) is 59.3. The van der Waals surface area contributed by atoms with E-state index in [9.17, 15) is 14.4 Å². The average Bonchev–Trinajstić information content (AvgIpc) is 4.03. The van der Waals surface area contributed by atoms with E-state index in [-0.39, 0.29) is 28.5 Å². The summed E-state index contributed by atoms with van der Waals surface area (Å²) in [6, 6.07) is 12.6. The van der Waals surface area contributed by atoms with Gasteiger partial charge in [-0.05, 0) is 77.2 Å². The number of H-pyrrole nitrogens is 2. The largest absolute Gasteiger partial charge is 0.453 e. The summed E-state index contributed by atoms with van der Waals surface area (Å²) in [7, 11) is 1.30. The number of carbonyl (C=O) groups is 3. The first kappa shape index (κ1) is 37.7. The molecule has 9 rings (SSSR count). The molecule has 4 aromatic rings. The summed E-state index contributed by atoms with van der Waals surface area (Å²) in [6.45, 7) is 9.36. The standard InChI is InChI=1S/C42H51N7O4S2/c1-23(2)20-33(50)48-16-18-54-40(48)37-44-22-32(46-37)30-15-14-29(34-27-10-12-28(13-11-27)35(30)34)25-6-8-26(9-7-25)31-21-43-38(45-31)41-49(17-19-55-41)39(51)36(24(3)4)47-42(52)53-5/h6-9,14-15,21-24,27-28,36,40-41H,10-13,16-20H2,1-5H3,(H,43,45)(H,44,46)(H,47,52)/t27?,28?,36-,40-,41-/m0/s1. The number of amides is 3. The van der Waals surface area contributed by atoms with Gasteiger partial charge in [-0.15, -0.1) is 23.5 Å². The minimum absolute atomic E-state index is 0.0677. The molecule has 0 unspecified atom stereocenters. The van der Waals surface area contributed by atoms with Gasteiger partial charge in [-0.1, -0.05) is 64.1 Å². The number of benzene rings is 2. The summed E-state index contributed by atoms with van der Waals surface area (Å²) in [5.41, 5.74) is 9.67. The second-order valence-electron chi connectivity index (χ2n) is 16.0. The van der Waals surface area contributed by atoms with Gasteiger partial charge in [0.05, 0.1) is 30.9 Å². The van der Waals surface area contributed by atoms with E-state index < -0.39 is 12.1 Å². The summed E-state index contributed by atoms with van der Waals surface area (Å²) in [5, 5.41) is 2.38. The molecule has 5 aliphatic rings. The normalized spacial score (nSPS) is 22.4. The van der Waals surface area contributed by atoms with Gasteiger partial charge < -0.3 is 29.8 Å². The minimum atomic E-state index is -0.684. The van der Waals surface area contributed by atoms with E-state index in [1.54, 1.807) is 28.4 Å². The van der Waals surface area contributed by atoms with Crippen LogP contribution in [-0.4, -0.2) is 85.4 Å². The topological polar surface area (TPSA) is 136 Å². The molecular formula is C42H51N7O4S2. The second kappa shape index (κ2) is 15.7. The number of methoxy groups -OCH3 is 1. The van der Waals surface area contributed by atoms with E-state index in [1.165, 1.54) is 60.6 Å². The molecule has 13 heteroatoms. The molecule has 0 radical (unpaired) electrons. The predicted octanol–water partition coefficient (Wildman–Crippen LogP) is 8.46. The quantitative estimate of drug-likeness (QED) is 0.146. The van der Waals surface area contributed by atoms with Gasteiger partial charge in [0.2, 0.25) is 11.8 Å². The maximum atomic E-state index is 13.6. The number of hydrogen-bond acceptors (Lipinski definition) is 8. The Morgan fingerprint density at radius 1 is 0.782 bits per heavy atom. The van der Waals surface area contributed by atoms with E-state index >= 15 is 0 Å². The molecule has 2 aromatic heterocycles. The number of ether oxygens (including phenoxy) is 1. The first-order chi connectivity index (χ1) is 26.6. The molecular weight excluding hydrogens is 731 g/mol. The number of nitrogens with zero attached hydrogens (tertiary/aromatic N) is 4. The van der Waals surface area contributed by atoms with Crippen molar-refractivity contribution in [2.75, 3.05) is 31.7 Å². The lowest BCUT2D eigenvalue weighted by Crippen LogP contribution is -2.51. The van der Waals surface area contributed by atoms with Crippen molar-refractivity contribution in [2.45, 2.75) is 88.4 Å². The van der Waals surface area contributed by atoms with Crippen LogP contribution in [0.3, 0.4) is 0 Å². The van der Waals surface area contributed by atoms with E-state index in [4.69, 9.17) is 14.7 Å². The number of imidazole rings is 2. The Morgan fingerprint density at radius 2 is 1.33 bits per heavy atom. The van der Waals surface area contributed by atoms with Crippen molar-refractivity contribution in [2.24, 2.45) is 11.8 Å². The Labute approximate surface area is 331 Å². The number of fused-ring (bicyclic) bond motifs is 2. The Hall–Kier alpha value is -4.23. The fourth-order valence-corrected chi connectivity index (χ4v) is 11.3. The first-order valence-electron chi connectivity index (χ1n) is 19.7. The SMILES string of the molecule is COC(=O)N[C@H](C(=O)N1CCS[C@H]1c1ncc(-c2ccc(-c3ccc(-c4cnc([C@@H]5SCCN5C(=O)CC(C)C)[nH]4)c4c3C3CCC4CC3)cc2)[nH]1)C(C)C. The van der Waals surface area contributed by atoms with Gasteiger partial charge in [0.25, 0.3) is 0 Å². The number of aromatic nitrogens is 4. The van der Waals surface area contributed by atoms with Gasteiger partial charge in [-0.3, -0.25) is 9.59 Å². The highest BCUT2D eigenvalue weighted by Gasteiger charge is 2.40. The number of alkyl carbamates (subject to hydrolysis) is 1. The monoisotopic (exact) mass is 781 g/mol. The van der Waals surface area contributed by atoms with Crippen LogP contribution >= 0.6 is 23.5 Å². The fourth-order valence-electron chi connectivity index (χ4n) is 8.93. The Kier molecular flexibility index (Phi) is 10.8. The van der Waals surface area contributed by atoms with E-state index in [1.807, 2.05) is 31.1 Å². The molecule has 3 atom stereocenters. The van der Waals surface area contributed by atoms with Crippen LogP contribution in [-0.2, 0) is 14.3 Å². The van der Waals surface area contributed by atoms with Crippen LogP contribution in [0.2, 0.25) is 0 Å².